The minimum absolute atomic E-state index is 0.0510. The highest BCUT2D eigenvalue weighted by Crippen LogP contribution is 2.48. The van der Waals surface area contributed by atoms with Crippen LogP contribution in [0.5, 0.6) is 11.5 Å². The van der Waals surface area contributed by atoms with E-state index in [4.69, 9.17) is 23.9 Å². The Hall–Kier alpha value is -4.48. The number of nitrogens with one attached hydrogen (secondary N) is 3. The van der Waals surface area contributed by atoms with Crippen LogP contribution in [-0.2, 0) is 46.7 Å². The van der Waals surface area contributed by atoms with Gasteiger partial charge in [0.2, 0.25) is 21.8 Å². The molecule has 3 aliphatic carbocycles. The quantitative estimate of drug-likeness (QED) is 0.271. The first-order chi connectivity index (χ1) is 31.1. The lowest BCUT2D eigenvalue weighted by Crippen LogP contribution is -2.70. The summed E-state index contributed by atoms with van der Waals surface area (Å²) in [6.45, 7) is 10.1. The first-order valence-corrected chi connectivity index (χ1v) is 25.6. The van der Waals surface area contributed by atoms with Crippen LogP contribution in [0.3, 0.4) is 0 Å². The van der Waals surface area contributed by atoms with E-state index in [0.717, 1.165) is 92.9 Å². The highest BCUT2D eigenvalue weighted by molar-refractivity contribution is 7.91. The molecule has 1 spiro atoms. The van der Waals surface area contributed by atoms with Gasteiger partial charge in [0.15, 0.2) is 0 Å². The van der Waals surface area contributed by atoms with Crippen molar-refractivity contribution in [1.29, 1.82) is 0 Å². The molecule has 3 N–H and O–H groups in total. The predicted molar refractivity (Wildman–Crippen MR) is 242 cm³/mol. The summed E-state index contributed by atoms with van der Waals surface area (Å²) >= 11 is 0. The Kier molecular flexibility index (Phi) is 12.6. The van der Waals surface area contributed by atoms with Gasteiger partial charge in [-0.25, -0.2) is 18.2 Å². The number of hydrogen-bond donors (Lipinski definition) is 3. The maximum absolute atomic E-state index is 15.1. The van der Waals surface area contributed by atoms with Crippen molar-refractivity contribution in [3.63, 3.8) is 0 Å². The van der Waals surface area contributed by atoms with E-state index in [1.807, 2.05) is 44.2 Å². The maximum atomic E-state index is 15.1. The Morgan fingerprint density at radius 2 is 1.80 bits per heavy atom. The van der Waals surface area contributed by atoms with Crippen molar-refractivity contribution in [3.05, 3.63) is 41.6 Å². The van der Waals surface area contributed by atoms with Crippen molar-refractivity contribution in [2.24, 2.45) is 5.92 Å². The van der Waals surface area contributed by atoms with Crippen molar-refractivity contribution in [1.82, 2.24) is 30.1 Å². The van der Waals surface area contributed by atoms with Crippen LogP contribution >= 0.6 is 0 Å². The van der Waals surface area contributed by atoms with E-state index >= 15 is 9.59 Å². The summed E-state index contributed by atoms with van der Waals surface area (Å²) in [5, 5.41) is 6.87. The molecule has 3 saturated carbocycles. The van der Waals surface area contributed by atoms with Gasteiger partial charge < -0.3 is 34.5 Å². The Balaban J connectivity index is 1.03. The Morgan fingerprint density at radius 1 is 1.00 bits per heavy atom. The number of carbonyl (C=O) groups excluding carboxylic acids is 4. The van der Waals surface area contributed by atoms with E-state index in [0.29, 0.717) is 70.1 Å². The van der Waals surface area contributed by atoms with Gasteiger partial charge in [0.25, 0.3) is 5.91 Å². The van der Waals surface area contributed by atoms with Crippen LogP contribution in [0.15, 0.2) is 30.4 Å². The third kappa shape index (κ3) is 9.17. The lowest BCUT2D eigenvalue weighted by Gasteiger charge is -2.48. The van der Waals surface area contributed by atoms with Gasteiger partial charge in [-0.1, -0.05) is 31.9 Å². The average Bonchev–Trinajstić information content (AvgIpc) is 3.94. The minimum atomic E-state index is -4.02. The summed E-state index contributed by atoms with van der Waals surface area (Å²) < 4.78 is 52.9. The number of rotatable bonds is 10. The third-order valence-electron chi connectivity index (χ3n) is 15.5. The fourth-order valence-electron chi connectivity index (χ4n) is 10.6. The first-order valence-electron chi connectivity index (χ1n) is 24.1. The van der Waals surface area contributed by atoms with Crippen LogP contribution in [0.25, 0.3) is 10.9 Å². The molecule has 5 atom stereocenters. The van der Waals surface area contributed by atoms with Gasteiger partial charge in [-0.15, -0.1) is 0 Å². The molecular weight excluding hydrogens is 853 g/mol. The summed E-state index contributed by atoms with van der Waals surface area (Å²) in [6.07, 6.45) is 12.4. The topological polar surface area (TPSA) is 195 Å². The largest absolute Gasteiger partial charge is 0.492 e. The zero-order chi connectivity index (χ0) is 45.6. The van der Waals surface area contributed by atoms with E-state index in [9.17, 15) is 18.0 Å². The number of pyridine rings is 1. The molecule has 354 valence electrons. The average molecular weight is 919 g/mol. The molecule has 16 nitrogen and oxygen atoms in total. The van der Waals surface area contributed by atoms with Crippen molar-refractivity contribution < 1.29 is 46.5 Å². The number of benzene rings is 1. The summed E-state index contributed by atoms with van der Waals surface area (Å²) in [6, 6.07) is 3.87. The standard InChI is InChI=1S/C48H66N6O10S/c1-4-36-40-34(35-29-33(13-14-37(35)49-36)62-28-25-53-23-26-61-27-24-53)16-19-47(63-40)30-39-41(55)51-48(43(57)52-65(59,60)46(3)21-22-46)20-15-32(48)11-8-6-5-7-9-12-38(42(56)54(39)31-47)50-44(58)64-45(2)17-10-18-45/h8,11,13-14,29,32,38-39H,4-7,9-10,12,15-28,30-31H2,1-3H3,(H,50,58)(H,51,55)(H,52,57). The molecule has 4 amide bonds. The van der Waals surface area contributed by atoms with Crippen LogP contribution in [0, 0.1) is 5.92 Å². The number of ether oxygens (including phenoxy) is 4. The van der Waals surface area contributed by atoms with Crippen LogP contribution in [-0.4, -0.2) is 127 Å². The second-order valence-corrected chi connectivity index (χ2v) is 22.3. The Bertz CT molecular complexity index is 2330. The SMILES string of the molecule is CCc1nc2ccc(OCCN3CCOCC3)cc2c2c1OC1(CC2)CC2C(=O)NC3(C(=O)NS(=O)(=O)C4(C)CC4)CCC3C=CCCCCCC(NC(=O)OC3(C)CCC3)C(=O)N2C1. The van der Waals surface area contributed by atoms with Crippen LogP contribution < -0.4 is 24.8 Å². The van der Waals surface area contributed by atoms with Crippen molar-refractivity contribution >= 4 is 44.7 Å². The zero-order valence-corrected chi connectivity index (χ0v) is 39.0. The molecule has 2 saturated heterocycles. The number of hydrogen-bond acceptors (Lipinski definition) is 12. The molecule has 1 aromatic carbocycles. The van der Waals surface area contributed by atoms with Crippen LogP contribution in [0.2, 0.25) is 0 Å². The number of nitrogens with zero attached hydrogens (tertiary/aromatic N) is 3. The molecule has 5 fully saturated rings. The lowest BCUT2D eigenvalue weighted by atomic mass is 9.65. The Morgan fingerprint density at radius 3 is 2.51 bits per heavy atom. The number of morpholine rings is 1. The summed E-state index contributed by atoms with van der Waals surface area (Å²) in [7, 11) is -4.02. The number of allylic oxidation sites excluding steroid dienone is 1. The summed E-state index contributed by atoms with van der Waals surface area (Å²) in [4.78, 5) is 66.8. The van der Waals surface area contributed by atoms with Gasteiger partial charge in [-0.3, -0.25) is 24.0 Å². The highest BCUT2D eigenvalue weighted by Gasteiger charge is 2.60. The lowest BCUT2D eigenvalue weighted by molar-refractivity contribution is -0.144. The fraction of sp³-hybridized carbons (Fsp3) is 0.688. The number of aromatic nitrogens is 1. The summed E-state index contributed by atoms with van der Waals surface area (Å²) in [5.74, 6) is -0.847. The van der Waals surface area contributed by atoms with Gasteiger partial charge in [0.1, 0.15) is 46.9 Å². The molecule has 4 aliphatic heterocycles. The second-order valence-electron chi connectivity index (χ2n) is 20.1. The van der Waals surface area contributed by atoms with Gasteiger partial charge >= 0.3 is 6.09 Å². The smallest absolute Gasteiger partial charge is 0.408 e. The van der Waals surface area contributed by atoms with Crippen molar-refractivity contribution in [2.75, 3.05) is 46.0 Å². The second kappa shape index (κ2) is 18.0. The monoisotopic (exact) mass is 918 g/mol. The van der Waals surface area contributed by atoms with Gasteiger partial charge in [0, 0.05) is 42.9 Å². The van der Waals surface area contributed by atoms with E-state index in [1.54, 1.807) is 6.92 Å². The van der Waals surface area contributed by atoms with Crippen LogP contribution in [0.1, 0.15) is 122 Å². The molecule has 0 bridgehead atoms. The van der Waals surface area contributed by atoms with Gasteiger partial charge in [0.05, 0.1) is 35.7 Å². The fourth-order valence-corrected chi connectivity index (χ4v) is 11.9. The molecule has 65 heavy (non-hydrogen) atoms. The van der Waals surface area contributed by atoms with Crippen molar-refractivity contribution in [2.45, 2.75) is 157 Å². The predicted octanol–water partition coefficient (Wildman–Crippen LogP) is 4.99. The molecular formula is C48H66N6O10S. The summed E-state index contributed by atoms with van der Waals surface area (Å²) in [5.41, 5.74) is -0.554. The maximum Gasteiger partial charge on any atom is 0.408 e. The van der Waals surface area contributed by atoms with Gasteiger partial charge in [-0.2, -0.15) is 0 Å². The highest BCUT2D eigenvalue weighted by atomic mass is 32.2. The number of sulfonamides is 1. The zero-order valence-electron chi connectivity index (χ0n) is 38.2. The molecule has 5 heterocycles. The molecule has 1 aromatic heterocycles. The van der Waals surface area contributed by atoms with E-state index in [2.05, 4.69) is 20.3 Å². The molecule has 7 aliphatic rings. The number of aryl methyl sites for hydroxylation is 2. The molecule has 17 heteroatoms. The molecule has 2 aromatic rings. The molecule has 5 unspecified atom stereocenters. The number of carbonyl (C=O) groups is 4. The van der Waals surface area contributed by atoms with Crippen LogP contribution in [0.4, 0.5) is 4.79 Å². The molecule has 0 radical (unpaired) electrons. The number of amides is 4. The van der Waals surface area contributed by atoms with Crippen molar-refractivity contribution in [3.8, 4) is 11.5 Å². The molecule has 9 rings (SSSR count). The Labute approximate surface area is 382 Å². The van der Waals surface area contributed by atoms with E-state index < -0.39 is 73.3 Å². The van der Waals surface area contributed by atoms with Gasteiger partial charge in [-0.05, 0) is 116 Å². The van der Waals surface area contributed by atoms with E-state index in [-0.39, 0.29) is 19.4 Å². The first kappa shape index (κ1) is 45.7. The van der Waals surface area contributed by atoms with E-state index in [1.165, 1.54) is 4.90 Å². The normalized spacial score (nSPS) is 29.9. The minimum Gasteiger partial charge on any atom is -0.492 e. The number of alkyl carbamates (subject to hydrolysis) is 1. The number of fused-ring (bicyclic) bond motifs is 5. The third-order valence-corrected chi connectivity index (χ3v) is 17.6.